The third-order valence-corrected chi connectivity index (χ3v) is 12.7. The number of carbonyl (C=O) groups is 1. The molecule has 6 heteroatoms. The quantitative estimate of drug-likeness (QED) is 0.0845. The van der Waals surface area contributed by atoms with Gasteiger partial charge in [-0.2, -0.15) is 0 Å². The van der Waals surface area contributed by atoms with E-state index in [0.29, 0.717) is 5.92 Å². The van der Waals surface area contributed by atoms with Gasteiger partial charge in [-0.15, -0.1) is 40.5 Å². The molecule has 0 spiro atoms. The Morgan fingerprint density at radius 2 is 1.53 bits per heavy atom. The van der Waals surface area contributed by atoms with Crippen molar-refractivity contribution >= 4 is 59.9 Å². The van der Waals surface area contributed by atoms with E-state index in [1.54, 1.807) is 0 Å². The van der Waals surface area contributed by atoms with Crippen molar-refractivity contribution in [3.63, 3.8) is 0 Å². The van der Waals surface area contributed by atoms with Crippen LogP contribution < -0.4 is 0 Å². The van der Waals surface area contributed by atoms with Crippen LogP contribution in [0.5, 0.6) is 0 Å². The minimum Gasteiger partial charge on any atom is -0.512 e. The Hall–Kier alpha value is -3.31. The number of allylic oxidation sites excluding steroid dienone is 2. The summed E-state index contributed by atoms with van der Waals surface area (Å²) >= 11 is 1.87. The van der Waals surface area contributed by atoms with E-state index in [2.05, 4.69) is 96.1 Å². The number of aliphatic hydroxyl groups is 1. The molecule has 0 unspecified atom stereocenters. The Balaban J connectivity index is 0.000000299. The molecule has 0 saturated heterocycles. The van der Waals surface area contributed by atoms with Gasteiger partial charge in [0, 0.05) is 69.3 Å². The number of carbonyl (C=O) groups excluding carboxylic acids is 1. The second-order valence-electron chi connectivity index (χ2n) is 16.5. The van der Waals surface area contributed by atoms with Crippen LogP contribution in [0.4, 0.5) is 0 Å². The molecule has 3 aromatic heterocycles. The second-order valence-corrected chi connectivity index (χ2v) is 17.8. The molecule has 285 valence electrons. The average molecular weight is 909 g/mol. The van der Waals surface area contributed by atoms with Crippen molar-refractivity contribution < 1.29 is 34.4 Å². The number of hydrogen-bond acceptors (Lipinski definition) is 5. The number of fused-ring (bicyclic) bond motifs is 5. The van der Waals surface area contributed by atoms with E-state index in [0.717, 1.165) is 70.7 Å². The molecule has 6 aromatic rings. The summed E-state index contributed by atoms with van der Waals surface area (Å²) in [7, 11) is 0. The molecular weight excluding hydrogens is 851 g/mol. The molecular formula is C47H58IrNO3S-. The maximum absolute atomic E-state index is 12.2. The standard InChI is InChI=1S/C32H30NOS.C15H28O2.Ir/c1-18(2)13-24-19(3)35-29-17-28-25(16-26(24)29)23-11-12-33-30(31(23)34-28)21-14-20-9-7-8-10-22(20)27(15-21)32(4,5)6;1-7-14(5,8-2)12(16)11-13(17)15(6,9-3)10-4;/h7-12,15-18H,13H2,1-6H3;11,16H,7-10H2,1-6H3;/q-1;;/b;12-11-;. The smallest absolute Gasteiger partial charge is 0.164 e. The molecule has 3 heterocycles. The van der Waals surface area contributed by atoms with Gasteiger partial charge in [-0.05, 0) is 79.5 Å². The van der Waals surface area contributed by atoms with Crippen LogP contribution in [0.25, 0.3) is 54.1 Å². The largest absolute Gasteiger partial charge is 0.512 e. The summed E-state index contributed by atoms with van der Waals surface area (Å²) < 4.78 is 7.84. The van der Waals surface area contributed by atoms with Crippen molar-refractivity contribution in [2.45, 2.75) is 121 Å². The molecule has 1 radical (unpaired) electrons. The second kappa shape index (κ2) is 16.6. The summed E-state index contributed by atoms with van der Waals surface area (Å²) in [5.74, 6) is 0.910. The fraction of sp³-hybridized carbons (Fsp3) is 0.447. The van der Waals surface area contributed by atoms with Crippen molar-refractivity contribution in [3.8, 4) is 11.3 Å². The van der Waals surface area contributed by atoms with Crippen LogP contribution in [0.2, 0.25) is 0 Å². The molecule has 0 bridgehead atoms. The van der Waals surface area contributed by atoms with Gasteiger partial charge in [0.25, 0.3) is 0 Å². The Bertz CT molecular complexity index is 2260. The molecule has 0 aliphatic carbocycles. The van der Waals surface area contributed by atoms with Crippen LogP contribution >= 0.6 is 11.3 Å². The Morgan fingerprint density at radius 3 is 2.13 bits per heavy atom. The topological polar surface area (TPSA) is 63.3 Å². The van der Waals surface area contributed by atoms with Gasteiger partial charge in [0.1, 0.15) is 16.9 Å². The van der Waals surface area contributed by atoms with Crippen molar-refractivity contribution in [2.75, 3.05) is 0 Å². The molecule has 0 fully saturated rings. The van der Waals surface area contributed by atoms with Gasteiger partial charge < -0.3 is 9.52 Å². The van der Waals surface area contributed by atoms with Crippen LogP contribution in [-0.4, -0.2) is 15.9 Å². The maximum atomic E-state index is 12.2. The van der Waals surface area contributed by atoms with Crippen LogP contribution in [0.1, 0.15) is 118 Å². The van der Waals surface area contributed by atoms with E-state index in [1.807, 2.05) is 59.1 Å². The number of aryl methyl sites for hydroxylation is 1. The summed E-state index contributed by atoms with van der Waals surface area (Å²) in [5, 5.41) is 16.1. The molecule has 1 N–H and O–H groups in total. The maximum Gasteiger partial charge on any atom is 0.164 e. The van der Waals surface area contributed by atoms with E-state index < -0.39 is 0 Å². The molecule has 0 atom stereocenters. The van der Waals surface area contributed by atoms with Crippen molar-refractivity contribution in [1.82, 2.24) is 4.98 Å². The molecule has 6 rings (SSSR count). The first-order chi connectivity index (χ1) is 24.5. The predicted molar refractivity (Wildman–Crippen MR) is 224 cm³/mol. The van der Waals surface area contributed by atoms with Crippen LogP contribution in [-0.2, 0) is 36.7 Å². The fourth-order valence-electron chi connectivity index (χ4n) is 6.98. The minimum absolute atomic E-state index is 0. The number of benzene rings is 3. The molecule has 0 saturated carbocycles. The van der Waals surface area contributed by atoms with Gasteiger partial charge in [-0.1, -0.05) is 105 Å². The molecule has 0 aliphatic heterocycles. The van der Waals surface area contributed by atoms with Crippen molar-refractivity contribution in [1.29, 1.82) is 0 Å². The third kappa shape index (κ3) is 8.51. The zero-order valence-corrected chi connectivity index (χ0v) is 37.1. The van der Waals surface area contributed by atoms with Gasteiger partial charge in [-0.3, -0.25) is 9.78 Å². The van der Waals surface area contributed by atoms with Gasteiger partial charge in [-0.25, -0.2) is 0 Å². The van der Waals surface area contributed by atoms with Crippen molar-refractivity contribution in [3.05, 3.63) is 88.6 Å². The van der Waals surface area contributed by atoms with Crippen molar-refractivity contribution in [2.24, 2.45) is 16.7 Å². The fourth-order valence-corrected chi connectivity index (χ4v) is 8.09. The minimum atomic E-state index is -0.337. The van der Waals surface area contributed by atoms with Crippen LogP contribution in [0, 0.1) is 29.7 Å². The number of aliphatic hydroxyl groups excluding tert-OH is 1. The summed E-state index contributed by atoms with van der Waals surface area (Å²) in [6.07, 6.45) is 7.76. The number of rotatable bonds is 10. The zero-order valence-electron chi connectivity index (χ0n) is 33.8. The molecule has 3 aromatic carbocycles. The molecule has 0 amide bonds. The third-order valence-electron chi connectivity index (χ3n) is 11.6. The Morgan fingerprint density at radius 1 is 0.887 bits per heavy atom. The zero-order chi connectivity index (χ0) is 38.2. The number of nitrogens with zero attached hydrogens (tertiary/aromatic N) is 1. The number of hydrogen-bond donors (Lipinski definition) is 1. The van der Waals surface area contributed by atoms with E-state index in [1.165, 1.54) is 37.6 Å². The molecule has 4 nitrogen and oxygen atoms in total. The number of pyridine rings is 1. The normalized spacial score (nSPS) is 12.8. The average Bonchev–Trinajstić information content (AvgIpc) is 3.63. The Kier molecular flexibility index (Phi) is 13.3. The van der Waals surface area contributed by atoms with Gasteiger partial charge in [0.05, 0.1) is 0 Å². The Labute approximate surface area is 334 Å². The number of aromatic nitrogens is 1. The van der Waals surface area contributed by atoms with Crippen LogP contribution in [0.3, 0.4) is 0 Å². The monoisotopic (exact) mass is 909 g/mol. The van der Waals surface area contributed by atoms with Gasteiger partial charge >= 0.3 is 0 Å². The summed E-state index contributed by atoms with van der Waals surface area (Å²) in [5.41, 5.74) is 5.78. The van der Waals surface area contributed by atoms with Gasteiger partial charge in [0.15, 0.2) is 5.78 Å². The van der Waals surface area contributed by atoms with Gasteiger partial charge in [0.2, 0.25) is 0 Å². The summed E-state index contributed by atoms with van der Waals surface area (Å²) in [4.78, 5) is 18.4. The first-order valence-electron chi connectivity index (χ1n) is 19.1. The summed E-state index contributed by atoms with van der Waals surface area (Å²) in [6, 6.07) is 21.0. The number of furan rings is 1. The van der Waals surface area contributed by atoms with E-state index >= 15 is 0 Å². The number of ketones is 1. The molecule has 0 aliphatic rings. The van der Waals surface area contributed by atoms with E-state index in [-0.39, 0.29) is 47.9 Å². The van der Waals surface area contributed by atoms with E-state index in [9.17, 15) is 9.90 Å². The molecule has 53 heavy (non-hydrogen) atoms. The first-order valence-corrected chi connectivity index (χ1v) is 20.0. The predicted octanol–water partition coefficient (Wildman–Crippen LogP) is 14.3. The SMILES string of the molecule is CCC(C)(CC)C(=O)/C=C(\O)C(C)(CC)CC.Cc1sc2cc3oc4c(-c5[c-]c6ccccc6c(C(C)(C)C)c5)nccc4c3cc2c1CC(C)C.[Ir]. The first kappa shape index (κ1) is 42.4. The summed E-state index contributed by atoms with van der Waals surface area (Å²) in [6.45, 7) is 25.7. The van der Waals surface area contributed by atoms with E-state index in [4.69, 9.17) is 9.40 Å². The van der Waals surface area contributed by atoms with Crippen LogP contribution in [0.15, 0.2) is 71.0 Å². The number of thiophene rings is 1.